The molecular formula is C32H27ClFN7O3. The van der Waals surface area contributed by atoms with E-state index in [1.807, 2.05) is 6.07 Å². The molecule has 1 unspecified atom stereocenters. The number of nitrogens with zero attached hydrogens (tertiary/aromatic N) is 7. The second kappa shape index (κ2) is 10.8. The summed E-state index contributed by atoms with van der Waals surface area (Å²) in [7, 11) is 1.76. The topological polar surface area (TPSA) is 141 Å². The van der Waals surface area contributed by atoms with Gasteiger partial charge in [-0.2, -0.15) is 10.5 Å². The number of hydrogen-bond donors (Lipinski definition) is 1. The molecule has 44 heavy (non-hydrogen) atoms. The summed E-state index contributed by atoms with van der Waals surface area (Å²) in [5.74, 6) is -1.19. The zero-order valence-corrected chi connectivity index (χ0v) is 24.7. The van der Waals surface area contributed by atoms with Gasteiger partial charge < -0.3 is 14.4 Å². The average Bonchev–Trinajstić information content (AvgIpc) is 3.62. The summed E-state index contributed by atoms with van der Waals surface area (Å²) in [6.07, 6.45) is 7.22. The monoisotopic (exact) mass is 611 g/mol. The van der Waals surface area contributed by atoms with E-state index >= 15 is 4.39 Å². The Morgan fingerprint density at radius 1 is 1.16 bits per heavy atom. The molecule has 1 aliphatic carbocycles. The number of rotatable bonds is 9. The van der Waals surface area contributed by atoms with E-state index in [1.165, 1.54) is 35.8 Å². The molecule has 2 aromatic carbocycles. The minimum atomic E-state index is -1.83. The number of carbonyl (C=O) groups excluding carboxylic acids is 1. The second-order valence-corrected chi connectivity index (χ2v) is 11.7. The zero-order valence-electron chi connectivity index (χ0n) is 24.0. The molecule has 222 valence electrons. The van der Waals surface area contributed by atoms with Crippen LogP contribution in [0.25, 0.3) is 0 Å². The summed E-state index contributed by atoms with van der Waals surface area (Å²) in [6, 6.07) is 13.5. The number of halogens is 2. The fourth-order valence-electron chi connectivity index (χ4n) is 5.65. The first-order valence-electron chi connectivity index (χ1n) is 14.0. The molecule has 1 N–H and O–H groups in total. The molecule has 0 saturated heterocycles. The van der Waals surface area contributed by atoms with E-state index in [9.17, 15) is 20.4 Å². The highest BCUT2D eigenvalue weighted by molar-refractivity contribution is 6.30. The van der Waals surface area contributed by atoms with Gasteiger partial charge in [0.1, 0.15) is 23.3 Å². The first-order chi connectivity index (χ1) is 21.1. The van der Waals surface area contributed by atoms with Gasteiger partial charge in [0.05, 0.1) is 53.3 Å². The Morgan fingerprint density at radius 3 is 2.43 bits per heavy atom. The van der Waals surface area contributed by atoms with E-state index < -0.39 is 28.5 Å². The van der Waals surface area contributed by atoms with E-state index in [0.29, 0.717) is 29.1 Å². The van der Waals surface area contributed by atoms with Crippen molar-refractivity contribution in [2.24, 2.45) is 12.5 Å². The van der Waals surface area contributed by atoms with Gasteiger partial charge >= 0.3 is 0 Å². The van der Waals surface area contributed by atoms with Crippen molar-refractivity contribution in [1.29, 1.82) is 10.5 Å². The average molecular weight is 612 g/mol. The normalized spacial score (nSPS) is 19.6. The SMILES string of the molecule is CCC(O)(c1cc(F)c2c(c1)C(=O)N(Cc1ncc(C#N)cn1)[C@@]2(OCC1(C#N)CC1)c1ccc(Cl)cc1)c1cn(C)cn1. The van der Waals surface area contributed by atoms with Gasteiger partial charge in [-0.1, -0.05) is 30.7 Å². The third-order valence-corrected chi connectivity index (χ3v) is 8.67. The van der Waals surface area contributed by atoms with Crippen molar-refractivity contribution in [2.45, 2.75) is 44.1 Å². The number of aliphatic hydroxyl groups is 1. The summed E-state index contributed by atoms with van der Waals surface area (Å²) in [5.41, 5.74) is -3.27. The molecular weight excluding hydrogens is 585 g/mol. The summed E-state index contributed by atoms with van der Waals surface area (Å²) in [4.78, 5) is 28.6. The largest absolute Gasteiger partial charge is 0.379 e. The van der Waals surface area contributed by atoms with Crippen molar-refractivity contribution in [3.63, 3.8) is 0 Å². The van der Waals surface area contributed by atoms with E-state index in [1.54, 1.807) is 49.0 Å². The number of nitriles is 2. The van der Waals surface area contributed by atoms with Gasteiger partial charge in [0.15, 0.2) is 5.72 Å². The quantitative estimate of drug-likeness (QED) is 0.287. The van der Waals surface area contributed by atoms with Crippen LogP contribution in [0.1, 0.15) is 70.3 Å². The van der Waals surface area contributed by atoms with Gasteiger partial charge in [-0.3, -0.25) is 9.69 Å². The van der Waals surface area contributed by atoms with Crippen LogP contribution in [-0.2, 0) is 29.7 Å². The van der Waals surface area contributed by atoms with Crippen molar-refractivity contribution in [3.05, 3.63) is 111 Å². The molecule has 0 bridgehead atoms. The van der Waals surface area contributed by atoms with Crippen LogP contribution in [0.15, 0.2) is 61.3 Å². The van der Waals surface area contributed by atoms with Crippen LogP contribution >= 0.6 is 11.6 Å². The number of imidazole rings is 1. The molecule has 12 heteroatoms. The minimum absolute atomic E-state index is 0.0202. The Kier molecular flexibility index (Phi) is 7.21. The minimum Gasteiger partial charge on any atom is -0.379 e. The Hall–Kier alpha value is -4.68. The first kappa shape index (κ1) is 29.4. The fourth-order valence-corrected chi connectivity index (χ4v) is 5.78. The summed E-state index contributed by atoms with van der Waals surface area (Å²) < 4.78 is 25.0. The third-order valence-electron chi connectivity index (χ3n) is 8.42. The summed E-state index contributed by atoms with van der Waals surface area (Å²) in [6.45, 7) is 1.46. The van der Waals surface area contributed by atoms with Crippen LogP contribution in [-0.4, -0.2) is 42.0 Å². The van der Waals surface area contributed by atoms with E-state index in [-0.39, 0.29) is 47.7 Å². The van der Waals surface area contributed by atoms with Crippen molar-refractivity contribution >= 4 is 17.5 Å². The molecule has 2 aliphatic rings. The number of fused-ring (bicyclic) bond motifs is 1. The lowest BCUT2D eigenvalue weighted by Crippen LogP contribution is -2.48. The van der Waals surface area contributed by atoms with Gasteiger partial charge in [0, 0.05) is 36.2 Å². The molecule has 6 rings (SSSR count). The van der Waals surface area contributed by atoms with Crippen molar-refractivity contribution in [1.82, 2.24) is 24.4 Å². The predicted octanol–water partition coefficient (Wildman–Crippen LogP) is 4.70. The molecule has 4 aromatic rings. The van der Waals surface area contributed by atoms with Crippen LogP contribution in [0.5, 0.6) is 0 Å². The highest BCUT2D eigenvalue weighted by Gasteiger charge is 2.57. The van der Waals surface area contributed by atoms with Crippen LogP contribution < -0.4 is 0 Å². The fraction of sp³-hybridized carbons (Fsp3) is 0.312. The lowest BCUT2D eigenvalue weighted by Gasteiger charge is -2.40. The van der Waals surface area contributed by atoms with Gasteiger partial charge in [0.2, 0.25) is 0 Å². The van der Waals surface area contributed by atoms with Crippen LogP contribution in [0, 0.1) is 33.9 Å². The molecule has 3 heterocycles. The molecule has 1 fully saturated rings. The highest BCUT2D eigenvalue weighted by Crippen LogP contribution is 2.52. The van der Waals surface area contributed by atoms with E-state index in [2.05, 4.69) is 21.0 Å². The smallest absolute Gasteiger partial charge is 0.257 e. The first-order valence-corrected chi connectivity index (χ1v) is 14.4. The molecule has 10 nitrogen and oxygen atoms in total. The maximum absolute atomic E-state index is 16.7. The number of amides is 1. The Labute approximate surface area is 257 Å². The molecule has 0 radical (unpaired) electrons. The molecule has 0 spiro atoms. The standard InChI is InChI=1S/C32H27ClFN7O3/c1-3-31(43,26-15-40(2)19-39-26)22-10-24-28(25(34)11-22)32(21-4-6-23(33)7-5-21,44-18-30(17-36)8-9-30)41(29(24)42)16-27-37-13-20(12-35)14-38-27/h4-7,10-11,13-15,19,43H,3,8-9,16,18H2,1-2H3/t31?,32-/m1/s1. The number of benzene rings is 2. The Balaban J connectivity index is 1.57. The van der Waals surface area contributed by atoms with Crippen LogP contribution in [0.2, 0.25) is 5.02 Å². The molecule has 1 saturated carbocycles. The van der Waals surface area contributed by atoms with Gasteiger partial charge in [-0.15, -0.1) is 0 Å². The second-order valence-electron chi connectivity index (χ2n) is 11.2. The number of hydrogen-bond acceptors (Lipinski definition) is 8. The molecule has 1 amide bonds. The molecule has 2 aromatic heterocycles. The highest BCUT2D eigenvalue weighted by atomic mass is 35.5. The summed E-state index contributed by atoms with van der Waals surface area (Å²) in [5, 5.41) is 31.3. The van der Waals surface area contributed by atoms with Gasteiger partial charge in [0.25, 0.3) is 5.91 Å². The number of carbonyl (C=O) groups is 1. The number of aromatic nitrogens is 4. The predicted molar refractivity (Wildman–Crippen MR) is 155 cm³/mol. The van der Waals surface area contributed by atoms with Crippen molar-refractivity contribution in [3.8, 4) is 12.1 Å². The lowest BCUT2D eigenvalue weighted by molar-refractivity contribution is -0.122. The van der Waals surface area contributed by atoms with E-state index in [4.69, 9.17) is 16.3 Å². The lowest BCUT2D eigenvalue weighted by atomic mass is 9.84. The van der Waals surface area contributed by atoms with Gasteiger partial charge in [-0.05, 0) is 49.1 Å². The number of aryl methyl sites for hydroxylation is 1. The van der Waals surface area contributed by atoms with Crippen molar-refractivity contribution in [2.75, 3.05) is 6.61 Å². The molecule has 1 aliphatic heterocycles. The third kappa shape index (κ3) is 4.70. The van der Waals surface area contributed by atoms with E-state index in [0.717, 1.165) is 0 Å². The Bertz CT molecular complexity index is 1840. The maximum atomic E-state index is 16.7. The van der Waals surface area contributed by atoms with Crippen LogP contribution in [0.4, 0.5) is 4.39 Å². The van der Waals surface area contributed by atoms with Crippen molar-refractivity contribution < 1.29 is 19.0 Å². The zero-order chi connectivity index (χ0) is 31.3. The number of ether oxygens (including phenoxy) is 1. The van der Waals surface area contributed by atoms with Gasteiger partial charge in [-0.25, -0.2) is 19.3 Å². The van der Waals surface area contributed by atoms with Crippen LogP contribution in [0.3, 0.4) is 0 Å². The Morgan fingerprint density at radius 2 is 1.86 bits per heavy atom. The summed E-state index contributed by atoms with van der Waals surface area (Å²) >= 11 is 6.23. The molecule has 2 atom stereocenters. The maximum Gasteiger partial charge on any atom is 0.257 e.